The van der Waals surface area contributed by atoms with Crippen molar-refractivity contribution in [1.82, 2.24) is 5.43 Å². The van der Waals surface area contributed by atoms with Crippen molar-refractivity contribution in [3.63, 3.8) is 0 Å². The molecule has 0 saturated heterocycles. The number of methoxy groups -OCH3 is 1. The number of thiophene rings is 1. The van der Waals surface area contributed by atoms with Gasteiger partial charge in [0.2, 0.25) is 0 Å². The minimum Gasteiger partial charge on any atom is -0.497 e. The van der Waals surface area contributed by atoms with E-state index in [1.165, 1.54) is 11.3 Å². The summed E-state index contributed by atoms with van der Waals surface area (Å²) in [7, 11) is 1.61. The van der Waals surface area contributed by atoms with Crippen molar-refractivity contribution in [2.75, 3.05) is 7.11 Å². The maximum atomic E-state index is 12.6. The highest BCUT2D eigenvalue weighted by Gasteiger charge is 2.17. The van der Waals surface area contributed by atoms with E-state index < -0.39 is 0 Å². The summed E-state index contributed by atoms with van der Waals surface area (Å²) < 4.78 is 11.9. The minimum atomic E-state index is -0.364. The second-order valence-electron chi connectivity index (χ2n) is 6.29. The van der Waals surface area contributed by atoms with Crippen LogP contribution in [0.25, 0.3) is 10.1 Å². The summed E-state index contributed by atoms with van der Waals surface area (Å²) in [5.74, 6) is 1.77. The molecule has 1 amide bonds. The molecule has 0 saturated carbocycles. The minimum absolute atomic E-state index is 0.364. The Bertz CT molecular complexity index is 1200. The number of fused-ring (bicyclic) bond motifs is 1. The van der Waals surface area contributed by atoms with E-state index in [4.69, 9.17) is 21.1 Å². The van der Waals surface area contributed by atoms with Gasteiger partial charge in [0, 0.05) is 10.1 Å². The zero-order valence-corrected chi connectivity index (χ0v) is 17.5. The normalized spacial score (nSPS) is 11.0. The van der Waals surface area contributed by atoms with Crippen molar-refractivity contribution >= 4 is 45.1 Å². The molecular formula is C23H17ClN2O3S. The average Bonchev–Trinajstić information content (AvgIpc) is 3.11. The smallest absolute Gasteiger partial charge is 0.283 e. The molecule has 3 aromatic carbocycles. The van der Waals surface area contributed by atoms with Gasteiger partial charge >= 0.3 is 0 Å². The van der Waals surface area contributed by atoms with Crippen molar-refractivity contribution < 1.29 is 14.3 Å². The van der Waals surface area contributed by atoms with Crippen molar-refractivity contribution in [3.8, 4) is 17.2 Å². The lowest BCUT2D eigenvalue weighted by Gasteiger charge is -2.05. The number of benzene rings is 3. The second kappa shape index (κ2) is 8.98. The lowest BCUT2D eigenvalue weighted by atomic mass is 10.2. The van der Waals surface area contributed by atoms with Crippen LogP contribution in [-0.4, -0.2) is 19.2 Å². The molecule has 1 aromatic heterocycles. The first-order chi connectivity index (χ1) is 14.6. The number of hydrazone groups is 1. The number of hydrogen-bond acceptors (Lipinski definition) is 5. The van der Waals surface area contributed by atoms with Gasteiger partial charge in [0.25, 0.3) is 5.91 Å². The van der Waals surface area contributed by atoms with Gasteiger partial charge in [-0.3, -0.25) is 4.79 Å². The van der Waals surface area contributed by atoms with E-state index in [1.807, 2.05) is 72.8 Å². The number of halogens is 1. The molecule has 4 aromatic rings. The molecule has 0 aliphatic heterocycles. The van der Waals surface area contributed by atoms with E-state index in [0.29, 0.717) is 15.6 Å². The van der Waals surface area contributed by atoms with Crippen LogP contribution in [0.5, 0.6) is 17.2 Å². The first-order valence-electron chi connectivity index (χ1n) is 9.06. The second-order valence-corrected chi connectivity index (χ2v) is 7.72. The predicted octanol–water partition coefficient (Wildman–Crippen LogP) is 6.12. The van der Waals surface area contributed by atoms with Gasteiger partial charge < -0.3 is 9.47 Å². The first-order valence-corrected chi connectivity index (χ1v) is 10.3. The quantitative estimate of drug-likeness (QED) is 0.292. The Balaban J connectivity index is 1.49. The molecular weight excluding hydrogens is 420 g/mol. The fourth-order valence-corrected chi connectivity index (χ4v) is 4.17. The van der Waals surface area contributed by atoms with E-state index in [9.17, 15) is 4.79 Å². The monoisotopic (exact) mass is 436 g/mol. The number of rotatable bonds is 6. The van der Waals surface area contributed by atoms with Crippen LogP contribution < -0.4 is 14.9 Å². The van der Waals surface area contributed by atoms with E-state index in [0.717, 1.165) is 27.1 Å². The number of carbonyl (C=O) groups excluding carboxylic acids is 1. The van der Waals surface area contributed by atoms with E-state index in [-0.39, 0.29) is 5.91 Å². The van der Waals surface area contributed by atoms with E-state index in [1.54, 1.807) is 13.3 Å². The van der Waals surface area contributed by atoms with Crippen LogP contribution >= 0.6 is 22.9 Å². The van der Waals surface area contributed by atoms with Gasteiger partial charge in [-0.25, -0.2) is 5.43 Å². The number of carbonyl (C=O) groups is 1. The Hall–Kier alpha value is -3.35. The van der Waals surface area contributed by atoms with E-state index in [2.05, 4.69) is 10.5 Å². The number of nitrogens with one attached hydrogen (secondary N) is 1. The number of ether oxygens (including phenoxy) is 2. The maximum absolute atomic E-state index is 12.6. The average molecular weight is 437 g/mol. The van der Waals surface area contributed by atoms with Gasteiger partial charge in [-0.1, -0.05) is 29.8 Å². The zero-order chi connectivity index (χ0) is 20.9. The van der Waals surface area contributed by atoms with E-state index >= 15 is 0 Å². The van der Waals surface area contributed by atoms with Crippen LogP contribution in [0, 0.1) is 0 Å². The molecule has 0 atom stereocenters. The Kier molecular flexibility index (Phi) is 5.97. The number of nitrogens with zero attached hydrogens (tertiary/aromatic N) is 1. The third-order valence-electron chi connectivity index (χ3n) is 4.28. The third kappa shape index (κ3) is 4.45. The molecule has 0 aliphatic carbocycles. The van der Waals surface area contributed by atoms with Crippen LogP contribution in [0.4, 0.5) is 0 Å². The van der Waals surface area contributed by atoms with Gasteiger partial charge in [-0.15, -0.1) is 11.3 Å². The fourth-order valence-electron chi connectivity index (χ4n) is 2.79. The lowest BCUT2D eigenvalue weighted by Crippen LogP contribution is -2.16. The Morgan fingerprint density at radius 1 is 1.00 bits per heavy atom. The van der Waals surface area contributed by atoms with Crippen LogP contribution in [0.2, 0.25) is 5.02 Å². The number of para-hydroxylation sites is 1. The standard InChI is InChI=1S/C23H17ClN2O3S/c1-28-16-9-7-15(8-10-16)14-25-26-23(27)22-21(24)19-13-18(11-12-20(19)30-22)29-17-5-3-2-4-6-17/h2-14H,1H3,(H,26,27)/b25-14+. The Labute approximate surface area is 182 Å². The molecule has 5 nitrogen and oxygen atoms in total. The molecule has 0 unspecified atom stereocenters. The fraction of sp³-hybridized carbons (Fsp3) is 0.0435. The van der Waals surface area contributed by atoms with Gasteiger partial charge in [0.15, 0.2) is 0 Å². The number of hydrogen-bond donors (Lipinski definition) is 1. The summed E-state index contributed by atoms with van der Waals surface area (Å²) in [6.07, 6.45) is 1.56. The maximum Gasteiger partial charge on any atom is 0.283 e. The molecule has 4 rings (SSSR count). The Morgan fingerprint density at radius 3 is 2.47 bits per heavy atom. The molecule has 30 heavy (non-hydrogen) atoms. The summed E-state index contributed by atoms with van der Waals surface area (Å²) in [6.45, 7) is 0. The van der Waals surface area contributed by atoms with Crippen molar-refractivity contribution in [3.05, 3.63) is 88.3 Å². The molecule has 7 heteroatoms. The van der Waals surface area contributed by atoms with Crippen LogP contribution in [0.15, 0.2) is 77.9 Å². The van der Waals surface area contributed by atoms with Crippen molar-refractivity contribution in [2.24, 2.45) is 5.10 Å². The Morgan fingerprint density at radius 2 is 1.73 bits per heavy atom. The molecule has 1 N–H and O–H groups in total. The third-order valence-corrected chi connectivity index (χ3v) is 5.95. The number of amides is 1. The topological polar surface area (TPSA) is 59.9 Å². The highest BCUT2D eigenvalue weighted by atomic mass is 35.5. The van der Waals surface area contributed by atoms with Gasteiger partial charge in [-0.2, -0.15) is 5.10 Å². The molecule has 1 heterocycles. The summed E-state index contributed by atoms with van der Waals surface area (Å²) in [4.78, 5) is 13.0. The van der Waals surface area contributed by atoms with Gasteiger partial charge in [0.05, 0.1) is 18.3 Å². The summed E-state index contributed by atoms with van der Waals surface area (Å²) in [5, 5.41) is 5.16. The zero-order valence-electron chi connectivity index (χ0n) is 16.0. The highest BCUT2D eigenvalue weighted by molar-refractivity contribution is 7.21. The predicted molar refractivity (Wildman–Crippen MR) is 121 cm³/mol. The van der Waals surface area contributed by atoms with Crippen LogP contribution in [0.3, 0.4) is 0 Å². The van der Waals surface area contributed by atoms with Gasteiger partial charge in [-0.05, 0) is 60.2 Å². The van der Waals surface area contributed by atoms with Crippen LogP contribution in [-0.2, 0) is 0 Å². The highest BCUT2D eigenvalue weighted by Crippen LogP contribution is 2.38. The molecule has 0 radical (unpaired) electrons. The molecule has 150 valence electrons. The molecule has 0 bridgehead atoms. The lowest BCUT2D eigenvalue weighted by molar-refractivity contribution is 0.0959. The summed E-state index contributed by atoms with van der Waals surface area (Å²) >= 11 is 7.79. The van der Waals surface area contributed by atoms with Crippen LogP contribution in [0.1, 0.15) is 15.2 Å². The summed E-state index contributed by atoms with van der Waals surface area (Å²) in [6, 6.07) is 22.4. The van der Waals surface area contributed by atoms with Crippen molar-refractivity contribution in [1.29, 1.82) is 0 Å². The van der Waals surface area contributed by atoms with Gasteiger partial charge in [0.1, 0.15) is 22.1 Å². The largest absolute Gasteiger partial charge is 0.497 e. The molecule has 0 aliphatic rings. The molecule has 0 fully saturated rings. The summed E-state index contributed by atoms with van der Waals surface area (Å²) in [5.41, 5.74) is 3.36. The SMILES string of the molecule is COc1ccc(/C=N/NC(=O)c2sc3ccc(Oc4ccccc4)cc3c2Cl)cc1. The first kappa shape index (κ1) is 19.9. The van der Waals surface area contributed by atoms with Crippen molar-refractivity contribution in [2.45, 2.75) is 0 Å². The molecule has 0 spiro atoms.